The highest BCUT2D eigenvalue weighted by atomic mass is 14.7. The zero-order chi connectivity index (χ0) is 11.1. The second kappa shape index (κ2) is 2.73. The van der Waals surface area contributed by atoms with E-state index >= 15 is 0 Å². The van der Waals surface area contributed by atoms with Crippen molar-refractivity contribution in [3.63, 3.8) is 0 Å². The molecule has 0 heterocycles. The van der Waals surface area contributed by atoms with Crippen LogP contribution in [0.5, 0.6) is 0 Å². The lowest BCUT2D eigenvalue weighted by Crippen LogP contribution is -2.22. The van der Waals surface area contributed by atoms with E-state index in [-0.39, 0.29) is 0 Å². The van der Waals surface area contributed by atoms with E-state index in [0.717, 1.165) is 23.7 Å². The zero-order valence-corrected chi connectivity index (χ0v) is 10.6. The van der Waals surface area contributed by atoms with Gasteiger partial charge >= 0.3 is 0 Å². The van der Waals surface area contributed by atoms with Crippen molar-refractivity contribution in [1.29, 1.82) is 0 Å². The molecule has 4 bridgehead atoms. The standard InChI is InChI=1S/C17H22/c1-5-16(6-2-12(1)10-16)14-9-15(14)17-7-3-13(11-17)4-8-17/h1,3,5,7,12-15H,2,4,6,8-11H2. The predicted octanol–water partition coefficient (Wildman–Crippen LogP) is 4.34. The highest BCUT2D eigenvalue weighted by Crippen LogP contribution is 2.71. The summed E-state index contributed by atoms with van der Waals surface area (Å²) in [4.78, 5) is 0. The van der Waals surface area contributed by atoms with Gasteiger partial charge in [0.25, 0.3) is 0 Å². The average Bonchev–Trinajstić information content (AvgIpc) is 2.80. The summed E-state index contributed by atoms with van der Waals surface area (Å²) in [5, 5.41) is 0. The Kier molecular flexibility index (Phi) is 1.51. The molecular weight excluding hydrogens is 204 g/mol. The van der Waals surface area contributed by atoms with Crippen LogP contribution in [0.3, 0.4) is 0 Å². The Labute approximate surface area is 104 Å². The van der Waals surface area contributed by atoms with Gasteiger partial charge in [-0.1, -0.05) is 24.3 Å². The third-order valence-electron chi connectivity index (χ3n) is 6.91. The first-order valence-corrected chi connectivity index (χ1v) is 7.69. The summed E-state index contributed by atoms with van der Waals surface area (Å²) in [5.74, 6) is 4.05. The monoisotopic (exact) mass is 226 g/mol. The van der Waals surface area contributed by atoms with Gasteiger partial charge in [0.2, 0.25) is 0 Å². The van der Waals surface area contributed by atoms with Crippen LogP contribution >= 0.6 is 0 Å². The van der Waals surface area contributed by atoms with Crippen molar-refractivity contribution in [1.82, 2.24) is 0 Å². The molecule has 0 nitrogen and oxygen atoms in total. The van der Waals surface area contributed by atoms with Crippen molar-refractivity contribution in [2.45, 2.75) is 44.9 Å². The van der Waals surface area contributed by atoms with Crippen molar-refractivity contribution in [3.05, 3.63) is 24.3 Å². The van der Waals surface area contributed by atoms with Gasteiger partial charge in [-0.05, 0) is 79.4 Å². The molecule has 0 N–H and O–H groups in total. The molecule has 0 saturated heterocycles. The Morgan fingerprint density at radius 3 is 1.59 bits per heavy atom. The summed E-state index contributed by atoms with van der Waals surface area (Å²) >= 11 is 0. The van der Waals surface area contributed by atoms with Crippen molar-refractivity contribution < 1.29 is 0 Å². The lowest BCUT2D eigenvalue weighted by atomic mass is 9.74. The minimum atomic E-state index is 0.679. The molecule has 3 fully saturated rings. The summed E-state index contributed by atoms with van der Waals surface area (Å²) in [6.45, 7) is 0. The van der Waals surface area contributed by atoms with Crippen LogP contribution in [0.25, 0.3) is 0 Å². The van der Waals surface area contributed by atoms with Crippen LogP contribution in [0.4, 0.5) is 0 Å². The van der Waals surface area contributed by atoms with Gasteiger partial charge in [0, 0.05) is 0 Å². The Hall–Kier alpha value is -0.520. The van der Waals surface area contributed by atoms with Gasteiger partial charge in [0.05, 0.1) is 0 Å². The van der Waals surface area contributed by atoms with Crippen LogP contribution in [-0.4, -0.2) is 0 Å². The fourth-order valence-electron chi connectivity index (χ4n) is 5.97. The second-order valence-corrected chi connectivity index (χ2v) is 7.64. The van der Waals surface area contributed by atoms with E-state index in [0.29, 0.717) is 10.8 Å². The molecule has 0 aliphatic heterocycles. The van der Waals surface area contributed by atoms with E-state index in [2.05, 4.69) is 24.3 Å². The third-order valence-corrected chi connectivity index (χ3v) is 6.91. The molecule has 6 unspecified atom stereocenters. The Balaban J connectivity index is 1.44. The van der Waals surface area contributed by atoms with Crippen LogP contribution in [0.1, 0.15) is 44.9 Å². The minimum absolute atomic E-state index is 0.679. The number of rotatable bonds is 2. The molecular formula is C17H22. The molecule has 17 heavy (non-hydrogen) atoms. The van der Waals surface area contributed by atoms with E-state index in [4.69, 9.17) is 0 Å². The van der Waals surface area contributed by atoms with Gasteiger partial charge < -0.3 is 0 Å². The van der Waals surface area contributed by atoms with Crippen LogP contribution in [0.15, 0.2) is 24.3 Å². The maximum absolute atomic E-state index is 2.63. The fraction of sp³-hybridized carbons (Fsp3) is 0.765. The molecule has 0 heteroatoms. The Morgan fingerprint density at radius 1 is 0.765 bits per heavy atom. The average molecular weight is 226 g/mol. The second-order valence-electron chi connectivity index (χ2n) is 7.64. The van der Waals surface area contributed by atoms with Crippen LogP contribution in [-0.2, 0) is 0 Å². The lowest BCUT2D eigenvalue weighted by Gasteiger charge is -2.30. The van der Waals surface area contributed by atoms with Gasteiger partial charge in [-0.3, -0.25) is 0 Å². The van der Waals surface area contributed by atoms with Gasteiger partial charge in [0.15, 0.2) is 0 Å². The predicted molar refractivity (Wildman–Crippen MR) is 69.4 cm³/mol. The van der Waals surface area contributed by atoms with Crippen LogP contribution in [0, 0.1) is 34.5 Å². The number of hydrogen-bond donors (Lipinski definition) is 0. The first-order chi connectivity index (χ1) is 8.30. The topological polar surface area (TPSA) is 0 Å². The molecule has 5 aliphatic carbocycles. The molecule has 0 spiro atoms. The first kappa shape index (κ1) is 9.42. The summed E-state index contributed by atoms with van der Waals surface area (Å²) in [6, 6.07) is 0. The van der Waals surface area contributed by atoms with E-state index in [9.17, 15) is 0 Å². The number of hydrogen-bond acceptors (Lipinski definition) is 0. The molecule has 6 atom stereocenters. The van der Waals surface area contributed by atoms with Gasteiger partial charge in [-0.2, -0.15) is 0 Å². The highest BCUT2D eigenvalue weighted by Gasteiger charge is 2.63. The smallest absolute Gasteiger partial charge is 0.00810 e. The van der Waals surface area contributed by atoms with Crippen molar-refractivity contribution in [2.24, 2.45) is 34.5 Å². The van der Waals surface area contributed by atoms with Crippen molar-refractivity contribution in [2.75, 3.05) is 0 Å². The molecule has 0 aromatic rings. The van der Waals surface area contributed by atoms with E-state index in [1.165, 1.54) is 38.5 Å². The largest absolute Gasteiger partial charge is 0.0848 e. The lowest BCUT2D eigenvalue weighted by molar-refractivity contribution is 0.251. The maximum atomic E-state index is 2.63. The molecule has 0 aromatic carbocycles. The van der Waals surface area contributed by atoms with E-state index in [1.807, 2.05) is 0 Å². The number of fused-ring (bicyclic) bond motifs is 4. The summed E-state index contributed by atoms with van der Waals surface area (Å²) in [6.07, 6.45) is 20.9. The van der Waals surface area contributed by atoms with Crippen molar-refractivity contribution in [3.8, 4) is 0 Å². The molecule has 0 radical (unpaired) electrons. The zero-order valence-electron chi connectivity index (χ0n) is 10.6. The minimum Gasteiger partial charge on any atom is -0.0848 e. The van der Waals surface area contributed by atoms with Gasteiger partial charge in [-0.15, -0.1) is 0 Å². The van der Waals surface area contributed by atoms with E-state index < -0.39 is 0 Å². The maximum Gasteiger partial charge on any atom is -0.00810 e. The third kappa shape index (κ3) is 1.06. The number of allylic oxidation sites excluding steroid dienone is 4. The summed E-state index contributed by atoms with van der Waals surface area (Å²) < 4.78 is 0. The summed E-state index contributed by atoms with van der Waals surface area (Å²) in [7, 11) is 0. The molecule has 90 valence electrons. The van der Waals surface area contributed by atoms with Crippen LogP contribution in [0.2, 0.25) is 0 Å². The Morgan fingerprint density at radius 2 is 1.29 bits per heavy atom. The van der Waals surface area contributed by atoms with Gasteiger partial charge in [-0.25, -0.2) is 0 Å². The fourth-order valence-corrected chi connectivity index (χ4v) is 5.97. The Bertz CT molecular complexity index is 391. The van der Waals surface area contributed by atoms with Gasteiger partial charge in [0.1, 0.15) is 0 Å². The molecule has 3 saturated carbocycles. The normalized spacial score (nSPS) is 61.6. The highest BCUT2D eigenvalue weighted by molar-refractivity contribution is 5.27. The van der Waals surface area contributed by atoms with E-state index in [1.54, 1.807) is 6.42 Å². The first-order valence-electron chi connectivity index (χ1n) is 7.69. The molecule has 0 amide bonds. The SMILES string of the molecule is C1=CC2(C3CC3C34C=CC(CC3)C4)CCC1C2. The quantitative estimate of drug-likeness (QED) is 0.615. The molecule has 0 aromatic heterocycles. The van der Waals surface area contributed by atoms with Crippen molar-refractivity contribution >= 4 is 0 Å². The summed E-state index contributed by atoms with van der Waals surface area (Å²) in [5.41, 5.74) is 1.36. The van der Waals surface area contributed by atoms with Crippen LogP contribution < -0.4 is 0 Å². The molecule has 5 aliphatic rings. The molecule has 5 rings (SSSR count).